The van der Waals surface area contributed by atoms with Crippen molar-refractivity contribution < 1.29 is 4.79 Å². The van der Waals surface area contributed by atoms with Gasteiger partial charge >= 0.3 is 0 Å². The van der Waals surface area contributed by atoms with Crippen LogP contribution in [0.1, 0.15) is 19.3 Å². The lowest BCUT2D eigenvalue weighted by Gasteiger charge is -1.95. The van der Waals surface area contributed by atoms with E-state index in [-0.39, 0.29) is 5.91 Å². The molecule has 3 nitrogen and oxygen atoms in total. The molecule has 3 N–H and O–H groups in total. The second-order valence-electron chi connectivity index (χ2n) is 1.75. The fourth-order valence-corrected chi connectivity index (χ4v) is 0.693. The zero-order chi connectivity index (χ0) is 7.11. The molecule has 9 heavy (non-hydrogen) atoms. The second-order valence-corrected chi connectivity index (χ2v) is 2.20. The molecule has 0 aliphatic heterocycles. The maximum Gasteiger partial charge on any atom is 0.233 e. The van der Waals surface area contributed by atoms with Crippen molar-refractivity contribution >= 4 is 18.5 Å². The molecule has 0 bridgehead atoms. The van der Waals surface area contributed by atoms with E-state index >= 15 is 0 Å². The lowest BCUT2D eigenvalue weighted by Crippen LogP contribution is -2.29. The average molecular weight is 148 g/mol. The summed E-state index contributed by atoms with van der Waals surface area (Å²) in [6.45, 7) is 0. The van der Waals surface area contributed by atoms with E-state index in [1.54, 1.807) is 0 Å². The summed E-state index contributed by atoms with van der Waals surface area (Å²) in [4.78, 5) is 10.4. The highest BCUT2D eigenvalue weighted by Crippen LogP contribution is 1.95. The van der Waals surface area contributed by atoms with E-state index in [1.165, 1.54) is 0 Å². The highest BCUT2D eigenvalue weighted by molar-refractivity contribution is 7.80. The number of carbonyl (C=O) groups excluding carboxylic acids is 1. The molecule has 0 spiro atoms. The van der Waals surface area contributed by atoms with Gasteiger partial charge in [-0.2, -0.15) is 12.6 Å². The molecule has 0 saturated carbocycles. The largest absolute Gasteiger partial charge is 0.294 e. The maximum atomic E-state index is 10.4. The first-order chi connectivity index (χ1) is 4.31. The van der Waals surface area contributed by atoms with E-state index in [2.05, 4.69) is 18.1 Å². The van der Waals surface area contributed by atoms with Crippen molar-refractivity contribution in [2.45, 2.75) is 19.3 Å². The number of rotatable bonds is 4. The Kier molecular flexibility index (Phi) is 5.76. The fourth-order valence-electron chi connectivity index (χ4n) is 0.470. The summed E-state index contributed by atoms with van der Waals surface area (Å²) in [7, 11) is 0. The molecule has 0 aliphatic carbocycles. The van der Waals surface area contributed by atoms with Crippen LogP contribution in [0, 0.1) is 0 Å². The van der Waals surface area contributed by atoms with E-state index in [1.807, 2.05) is 0 Å². The van der Waals surface area contributed by atoms with Crippen LogP contribution in [0.25, 0.3) is 0 Å². The Bertz CT molecular complexity index is 87.0. The molecule has 0 aromatic heterocycles. The lowest BCUT2D eigenvalue weighted by molar-refractivity contribution is -0.121. The number of thiol groups is 1. The molecule has 0 unspecified atom stereocenters. The number of nitrogens with two attached hydrogens (primary N) is 1. The minimum atomic E-state index is -0.100. The summed E-state index contributed by atoms with van der Waals surface area (Å²) < 4.78 is 0. The number of amides is 1. The Labute approximate surface area is 60.4 Å². The van der Waals surface area contributed by atoms with Crippen molar-refractivity contribution in [2.24, 2.45) is 5.84 Å². The van der Waals surface area contributed by atoms with E-state index < -0.39 is 0 Å². The fraction of sp³-hybridized carbons (Fsp3) is 0.800. The van der Waals surface area contributed by atoms with E-state index in [0.717, 1.165) is 18.6 Å². The first kappa shape index (κ1) is 8.78. The summed E-state index contributed by atoms with van der Waals surface area (Å²) in [5.41, 5.74) is 2.06. The van der Waals surface area contributed by atoms with E-state index in [4.69, 9.17) is 5.84 Å². The molecule has 0 saturated heterocycles. The minimum absolute atomic E-state index is 0.100. The van der Waals surface area contributed by atoms with Crippen LogP contribution in [0.4, 0.5) is 0 Å². The van der Waals surface area contributed by atoms with Gasteiger partial charge in [-0.05, 0) is 18.6 Å². The van der Waals surface area contributed by atoms with Crippen LogP contribution in [0.3, 0.4) is 0 Å². The van der Waals surface area contributed by atoms with Crippen molar-refractivity contribution in [3.8, 4) is 0 Å². The molecule has 0 aromatic carbocycles. The Balaban J connectivity index is 2.97. The van der Waals surface area contributed by atoms with Crippen LogP contribution >= 0.6 is 12.6 Å². The molecular weight excluding hydrogens is 136 g/mol. The molecule has 0 fully saturated rings. The smallest absolute Gasteiger partial charge is 0.233 e. The molecule has 0 aromatic rings. The number of unbranched alkanes of at least 4 members (excludes halogenated alkanes) is 1. The van der Waals surface area contributed by atoms with E-state index in [9.17, 15) is 4.79 Å². The van der Waals surface area contributed by atoms with Gasteiger partial charge in [-0.15, -0.1) is 0 Å². The number of hydrogen-bond donors (Lipinski definition) is 3. The molecule has 0 radical (unpaired) electrons. The molecule has 0 rings (SSSR count). The van der Waals surface area contributed by atoms with Crippen molar-refractivity contribution in [1.82, 2.24) is 5.43 Å². The molecule has 0 heterocycles. The van der Waals surface area contributed by atoms with Crippen molar-refractivity contribution in [1.29, 1.82) is 0 Å². The average Bonchev–Trinajstić information content (AvgIpc) is 1.89. The molecular formula is C5H12N2OS. The zero-order valence-corrected chi connectivity index (χ0v) is 6.16. The number of nitrogens with one attached hydrogen (secondary N) is 1. The van der Waals surface area contributed by atoms with Crippen LogP contribution in [0.15, 0.2) is 0 Å². The Morgan fingerprint density at radius 1 is 1.56 bits per heavy atom. The monoisotopic (exact) mass is 148 g/mol. The van der Waals surface area contributed by atoms with Crippen LogP contribution in [0.2, 0.25) is 0 Å². The summed E-state index contributed by atoms with van der Waals surface area (Å²) in [6.07, 6.45) is 2.35. The van der Waals surface area contributed by atoms with Crippen LogP contribution in [0.5, 0.6) is 0 Å². The Morgan fingerprint density at radius 2 is 2.22 bits per heavy atom. The second kappa shape index (κ2) is 5.91. The predicted octanol–water partition coefficient (Wildman–Crippen LogP) is 0.0764. The topological polar surface area (TPSA) is 55.1 Å². The van der Waals surface area contributed by atoms with Gasteiger partial charge < -0.3 is 0 Å². The van der Waals surface area contributed by atoms with Gasteiger partial charge in [0.25, 0.3) is 0 Å². The van der Waals surface area contributed by atoms with Crippen LogP contribution < -0.4 is 11.3 Å². The Hall–Kier alpha value is -0.220. The predicted molar refractivity (Wildman–Crippen MR) is 40.0 cm³/mol. The summed E-state index contributed by atoms with van der Waals surface area (Å²) in [6, 6.07) is 0. The van der Waals surface area contributed by atoms with Gasteiger partial charge in [0.1, 0.15) is 0 Å². The van der Waals surface area contributed by atoms with Crippen molar-refractivity contribution in [3.63, 3.8) is 0 Å². The van der Waals surface area contributed by atoms with Crippen LogP contribution in [-0.2, 0) is 4.79 Å². The number of carbonyl (C=O) groups is 1. The summed E-state index contributed by atoms with van der Waals surface area (Å²) >= 11 is 3.99. The maximum absolute atomic E-state index is 10.4. The molecule has 0 atom stereocenters. The lowest BCUT2D eigenvalue weighted by atomic mass is 10.2. The third-order valence-electron chi connectivity index (χ3n) is 0.973. The first-order valence-corrected chi connectivity index (χ1v) is 3.55. The SMILES string of the molecule is NNC(=O)CCCCS. The normalized spacial score (nSPS) is 9.11. The highest BCUT2D eigenvalue weighted by Gasteiger charge is 1.94. The molecule has 54 valence electrons. The van der Waals surface area contributed by atoms with Crippen LogP contribution in [-0.4, -0.2) is 11.7 Å². The van der Waals surface area contributed by atoms with Gasteiger partial charge in [0.2, 0.25) is 5.91 Å². The van der Waals surface area contributed by atoms with Gasteiger partial charge in [0.05, 0.1) is 0 Å². The minimum Gasteiger partial charge on any atom is -0.294 e. The highest BCUT2D eigenvalue weighted by atomic mass is 32.1. The standard InChI is InChI=1S/C5H12N2OS/c6-7-5(8)3-1-2-4-9/h9H,1-4,6H2,(H,7,8). The van der Waals surface area contributed by atoms with Gasteiger partial charge in [-0.1, -0.05) is 0 Å². The molecule has 1 amide bonds. The van der Waals surface area contributed by atoms with Gasteiger partial charge in [0, 0.05) is 6.42 Å². The molecule has 0 aliphatic rings. The van der Waals surface area contributed by atoms with Crippen molar-refractivity contribution in [3.05, 3.63) is 0 Å². The zero-order valence-electron chi connectivity index (χ0n) is 5.26. The summed E-state index contributed by atoms with van der Waals surface area (Å²) in [5.74, 6) is 5.57. The third-order valence-corrected chi connectivity index (χ3v) is 1.29. The van der Waals surface area contributed by atoms with Gasteiger partial charge in [0.15, 0.2) is 0 Å². The quantitative estimate of drug-likeness (QED) is 0.174. The van der Waals surface area contributed by atoms with E-state index in [0.29, 0.717) is 6.42 Å². The molecule has 4 heteroatoms. The third kappa shape index (κ3) is 5.65. The van der Waals surface area contributed by atoms with Gasteiger partial charge in [-0.3, -0.25) is 10.2 Å². The number of hydrazine groups is 1. The first-order valence-electron chi connectivity index (χ1n) is 2.91. The Morgan fingerprint density at radius 3 is 2.67 bits per heavy atom. The van der Waals surface area contributed by atoms with Gasteiger partial charge in [-0.25, -0.2) is 5.84 Å². The number of hydrogen-bond acceptors (Lipinski definition) is 3. The van der Waals surface area contributed by atoms with Crippen molar-refractivity contribution in [2.75, 3.05) is 5.75 Å². The summed E-state index contributed by atoms with van der Waals surface area (Å²) in [5, 5.41) is 0.